The summed E-state index contributed by atoms with van der Waals surface area (Å²) in [5.41, 5.74) is 6.03. The molecule has 0 aliphatic heterocycles. The minimum atomic E-state index is -1.12. The molecule has 0 aromatic carbocycles. The van der Waals surface area contributed by atoms with Gasteiger partial charge in [-0.15, -0.1) is 4.72 Å². The van der Waals surface area contributed by atoms with Crippen molar-refractivity contribution in [2.24, 2.45) is 10.7 Å². The molecule has 5 heteroatoms. The van der Waals surface area contributed by atoms with Crippen molar-refractivity contribution < 1.29 is 4.55 Å². The summed E-state index contributed by atoms with van der Waals surface area (Å²) in [6, 6.07) is 0.123. The smallest absolute Gasteiger partial charge is 0.136 e. The number of amidine groups is 1. The van der Waals surface area contributed by atoms with Crippen molar-refractivity contribution in [1.29, 1.82) is 0 Å². The molecule has 0 amide bonds. The summed E-state index contributed by atoms with van der Waals surface area (Å²) >= 11 is -1.12. The molecule has 18 heavy (non-hydrogen) atoms. The largest absolute Gasteiger partial charge is 0.598 e. The van der Waals surface area contributed by atoms with E-state index in [1.807, 2.05) is 27.7 Å². The van der Waals surface area contributed by atoms with Crippen LogP contribution in [-0.2, 0) is 11.4 Å². The fourth-order valence-electron chi connectivity index (χ4n) is 1.30. The van der Waals surface area contributed by atoms with Gasteiger partial charge in [0.25, 0.3) is 0 Å². The topological polar surface area (TPSA) is 73.5 Å². The Kier molecular flexibility index (Phi) is 7.90. The molecule has 2 unspecified atom stereocenters. The minimum absolute atomic E-state index is 0.0935. The van der Waals surface area contributed by atoms with Gasteiger partial charge in [-0.2, -0.15) is 0 Å². The van der Waals surface area contributed by atoms with Crippen LogP contribution in [0.3, 0.4) is 0 Å². The molecule has 0 heterocycles. The van der Waals surface area contributed by atoms with Gasteiger partial charge in [0.1, 0.15) is 16.6 Å². The van der Waals surface area contributed by atoms with Crippen LogP contribution in [0, 0.1) is 0 Å². The Hall–Kier alpha value is -0.260. The summed E-state index contributed by atoms with van der Waals surface area (Å²) in [5, 5.41) is 0. The number of hydrogen-bond donors (Lipinski definition) is 2. The van der Waals surface area contributed by atoms with Gasteiger partial charge in [-0.05, 0) is 40.5 Å². The zero-order chi connectivity index (χ0) is 14.3. The molecule has 4 nitrogen and oxygen atoms in total. The molecular formula is C13H29N3OS. The highest BCUT2D eigenvalue weighted by Crippen LogP contribution is 2.15. The maximum absolute atomic E-state index is 12.1. The summed E-state index contributed by atoms with van der Waals surface area (Å²) in [6.07, 6.45) is 2.80. The lowest BCUT2D eigenvalue weighted by atomic mass is 10.1. The first-order valence-corrected chi connectivity index (χ1v) is 7.88. The van der Waals surface area contributed by atoms with Crippen LogP contribution in [0.2, 0.25) is 0 Å². The van der Waals surface area contributed by atoms with Gasteiger partial charge >= 0.3 is 0 Å². The molecule has 3 atom stereocenters. The van der Waals surface area contributed by atoms with Crippen molar-refractivity contribution >= 4 is 17.2 Å². The van der Waals surface area contributed by atoms with E-state index in [1.165, 1.54) is 0 Å². The van der Waals surface area contributed by atoms with Gasteiger partial charge in [-0.1, -0.05) is 20.3 Å². The highest BCUT2D eigenvalue weighted by Gasteiger charge is 2.30. The van der Waals surface area contributed by atoms with Crippen molar-refractivity contribution in [2.75, 3.05) is 0 Å². The Balaban J connectivity index is 4.70. The van der Waals surface area contributed by atoms with Gasteiger partial charge in [-0.3, -0.25) is 4.99 Å². The molecule has 3 N–H and O–H groups in total. The van der Waals surface area contributed by atoms with E-state index in [4.69, 9.17) is 5.73 Å². The van der Waals surface area contributed by atoms with E-state index in [-0.39, 0.29) is 16.8 Å². The number of nitrogens with two attached hydrogens (primary N) is 1. The second-order valence-electron chi connectivity index (χ2n) is 5.65. The first kappa shape index (κ1) is 17.7. The van der Waals surface area contributed by atoms with E-state index in [9.17, 15) is 4.55 Å². The normalized spacial score (nSPS) is 18.5. The Morgan fingerprint density at radius 2 is 1.94 bits per heavy atom. The molecule has 0 saturated carbocycles. The standard InChI is InChI=1S/C13H29N3OS/c1-7-9-11(12(14)15-10(3)8-2)16-18(17)13(4,5)6/h10-11,16H,7-9H2,1-6H3,(H2,14,15)/t10?,11-,18?/m0/s1. The fraction of sp³-hybridized carbons (Fsp3) is 0.923. The highest BCUT2D eigenvalue weighted by atomic mass is 32.2. The molecular weight excluding hydrogens is 246 g/mol. The Morgan fingerprint density at radius 1 is 1.39 bits per heavy atom. The highest BCUT2D eigenvalue weighted by molar-refractivity contribution is 7.90. The van der Waals surface area contributed by atoms with Gasteiger partial charge in [0.2, 0.25) is 0 Å². The lowest BCUT2D eigenvalue weighted by Crippen LogP contribution is -2.50. The van der Waals surface area contributed by atoms with Gasteiger partial charge in [0, 0.05) is 17.4 Å². The summed E-state index contributed by atoms with van der Waals surface area (Å²) in [7, 11) is 0. The average molecular weight is 275 g/mol. The predicted molar refractivity (Wildman–Crippen MR) is 81.1 cm³/mol. The summed E-state index contributed by atoms with van der Waals surface area (Å²) in [4.78, 5) is 4.45. The Labute approximate surface area is 115 Å². The van der Waals surface area contributed by atoms with Crippen molar-refractivity contribution in [3.63, 3.8) is 0 Å². The maximum atomic E-state index is 12.1. The van der Waals surface area contributed by atoms with Crippen LogP contribution in [0.15, 0.2) is 4.99 Å². The van der Waals surface area contributed by atoms with Gasteiger partial charge in [-0.25, -0.2) is 0 Å². The predicted octanol–water partition coefficient (Wildman–Crippen LogP) is 2.36. The lowest BCUT2D eigenvalue weighted by Gasteiger charge is -2.27. The zero-order valence-electron chi connectivity index (χ0n) is 12.6. The minimum Gasteiger partial charge on any atom is -0.598 e. The average Bonchev–Trinajstić information content (AvgIpc) is 2.26. The van der Waals surface area contributed by atoms with Crippen LogP contribution < -0.4 is 10.5 Å². The van der Waals surface area contributed by atoms with Gasteiger partial charge in [0.15, 0.2) is 0 Å². The first-order chi connectivity index (χ1) is 8.22. The molecule has 0 aliphatic rings. The quantitative estimate of drug-likeness (QED) is 0.425. The van der Waals surface area contributed by atoms with Crippen LogP contribution >= 0.6 is 0 Å². The lowest BCUT2D eigenvalue weighted by molar-refractivity contribution is 0.530. The zero-order valence-corrected chi connectivity index (χ0v) is 13.4. The van der Waals surface area contributed by atoms with Crippen LogP contribution in [-0.4, -0.2) is 27.2 Å². The van der Waals surface area contributed by atoms with E-state index in [0.717, 1.165) is 19.3 Å². The van der Waals surface area contributed by atoms with E-state index in [0.29, 0.717) is 5.84 Å². The molecule has 0 radical (unpaired) electrons. The van der Waals surface area contributed by atoms with Crippen LogP contribution in [0.25, 0.3) is 0 Å². The molecule has 0 aromatic heterocycles. The Morgan fingerprint density at radius 3 is 2.33 bits per heavy atom. The van der Waals surface area contributed by atoms with Crippen molar-refractivity contribution in [1.82, 2.24) is 4.72 Å². The third-order valence-corrected chi connectivity index (χ3v) is 4.31. The van der Waals surface area contributed by atoms with Crippen molar-refractivity contribution in [2.45, 2.75) is 77.6 Å². The summed E-state index contributed by atoms with van der Waals surface area (Å²) in [5.74, 6) is 0.573. The van der Waals surface area contributed by atoms with Crippen LogP contribution in [0.5, 0.6) is 0 Å². The Bertz CT molecular complexity index is 263. The molecule has 0 aromatic rings. The van der Waals surface area contributed by atoms with E-state index in [1.54, 1.807) is 0 Å². The SMILES string of the molecule is CCC[C@H](N[S+]([O-])C(C)(C)C)C(N)=NC(C)CC. The van der Waals surface area contributed by atoms with Gasteiger partial charge < -0.3 is 10.3 Å². The molecule has 0 rings (SSSR count). The third-order valence-electron chi connectivity index (χ3n) is 2.70. The third kappa shape index (κ3) is 6.61. The maximum Gasteiger partial charge on any atom is 0.136 e. The van der Waals surface area contributed by atoms with Crippen molar-refractivity contribution in [3.05, 3.63) is 0 Å². The van der Waals surface area contributed by atoms with Crippen LogP contribution in [0.1, 0.15) is 60.8 Å². The molecule has 0 saturated heterocycles. The van der Waals surface area contributed by atoms with E-state index >= 15 is 0 Å². The van der Waals surface area contributed by atoms with Crippen molar-refractivity contribution in [3.8, 4) is 0 Å². The van der Waals surface area contributed by atoms with E-state index < -0.39 is 11.4 Å². The summed E-state index contributed by atoms with van der Waals surface area (Å²) in [6.45, 7) is 12.0. The molecule has 108 valence electrons. The number of nitrogens with one attached hydrogen (secondary N) is 1. The molecule has 0 bridgehead atoms. The second-order valence-corrected chi connectivity index (χ2v) is 7.65. The fourth-order valence-corrected chi connectivity index (χ4v) is 2.15. The number of nitrogens with zero attached hydrogens (tertiary/aromatic N) is 1. The number of aliphatic imine (C=N–C) groups is 1. The monoisotopic (exact) mass is 275 g/mol. The summed E-state index contributed by atoms with van der Waals surface area (Å²) < 4.78 is 14.9. The molecule has 0 spiro atoms. The number of rotatable bonds is 7. The second kappa shape index (κ2) is 8.02. The molecule has 0 aliphatic carbocycles. The number of hydrogen-bond acceptors (Lipinski definition) is 3. The van der Waals surface area contributed by atoms with Crippen LogP contribution in [0.4, 0.5) is 0 Å². The first-order valence-electron chi connectivity index (χ1n) is 6.73. The van der Waals surface area contributed by atoms with Gasteiger partial charge in [0.05, 0.1) is 0 Å². The van der Waals surface area contributed by atoms with E-state index in [2.05, 4.69) is 23.6 Å². The molecule has 0 fully saturated rings.